The van der Waals surface area contributed by atoms with E-state index in [-0.39, 0.29) is 30.0 Å². The summed E-state index contributed by atoms with van der Waals surface area (Å²) in [6.07, 6.45) is -0.714. The topological polar surface area (TPSA) is 107 Å². The van der Waals surface area contributed by atoms with E-state index < -0.39 is 6.10 Å². The van der Waals surface area contributed by atoms with Crippen LogP contribution in [0.3, 0.4) is 0 Å². The van der Waals surface area contributed by atoms with Crippen LogP contribution >= 0.6 is 0 Å². The Morgan fingerprint density at radius 3 is 2.88 bits per heavy atom. The zero-order valence-electron chi connectivity index (χ0n) is 14.8. The smallest absolute Gasteiger partial charge is 0.269 e. The van der Waals surface area contributed by atoms with Crippen LogP contribution in [0.25, 0.3) is 0 Å². The van der Waals surface area contributed by atoms with Crippen LogP contribution in [0.4, 0.5) is 17.3 Å². The molecule has 1 aromatic heterocycles. The molecule has 26 heavy (non-hydrogen) atoms. The second kappa shape index (κ2) is 6.91. The molecule has 2 amide bonds. The average molecular weight is 356 g/mol. The van der Waals surface area contributed by atoms with Crippen molar-refractivity contribution in [2.24, 2.45) is 0 Å². The van der Waals surface area contributed by atoms with E-state index in [4.69, 9.17) is 15.2 Å². The molecule has 0 aliphatic carbocycles. The number of hydrogen-bond acceptors (Lipinski definition) is 6. The van der Waals surface area contributed by atoms with Crippen molar-refractivity contribution in [3.8, 4) is 11.5 Å². The number of benzene rings is 1. The van der Waals surface area contributed by atoms with E-state index in [1.807, 2.05) is 13.0 Å². The molecule has 8 nitrogen and oxygen atoms in total. The molecule has 1 atom stereocenters. The number of anilines is 3. The highest BCUT2D eigenvalue weighted by molar-refractivity contribution is 6.05. The quantitative estimate of drug-likeness (QED) is 0.864. The van der Waals surface area contributed by atoms with Crippen LogP contribution in [0.15, 0.2) is 30.3 Å². The van der Waals surface area contributed by atoms with Gasteiger partial charge in [-0.1, -0.05) is 6.07 Å². The first kappa shape index (κ1) is 17.5. The number of nitrogens with one attached hydrogen (secondary N) is 1. The van der Waals surface area contributed by atoms with Crippen molar-refractivity contribution in [3.05, 3.63) is 35.9 Å². The number of methoxy groups -OCH3 is 1. The highest BCUT2D eigenvalue weighted by Gasteiger charge is 2.34. The predicted octanol–water partition coefficient (Wildman–Crippen LogP) is 1.73. The largest absolute Gasteiger partial charge is 0.495 e. The first-order valence-electron chi connectivity index (χ1n) is 8.08. The number of fused-ring (bicyclic) bond motifs is 1. The molecule has 1 unspecified atom stereocenters. The van der Waals surface area contributed by atoms with Gasteiger partial charge >= 0.3 is 0 Å². The van der Waals surface area contributed by atoms with Crippen LogP contribution in [-0.2, 0) is 9.59 Å². The number of nitrogens with zero attached hydrogens (tertiary/aromatic N) is 2. The van der Waals surface area contributed by atoms with Crippen molar-refractivity contribution in [2.75, 3.05) is 29.6 Å². The molecule has 0 fully saturated rings. The van der Waals surface area contributed by atoms with Gasteiger partial charge in [-0.3, -0.25) is 14.5 Å². The molecule has 1 aliphatic rings. The van der Waals surface area contributed by atoms with E-state index in [0.717, 1.165) is 5.56 Å². The van der Waals surface area contributed by atoms with Crippen molar-refractivity contribution in [2.45, 2.75) is 20.0 Å². The fraction of sp³-hybridized carbons (Fsp3) is 0.278. The van der Waals surface area contributed by atoms with Gasteiger partial charge in [-0.2, -0.15) is 0 Å². The van der Waals surface area contributed by atoms with Gasteiger partial charge in [0.05, 0.1) is 12.8 Å². The zero-order chi connectivity index (χ0) is 18.8. The Labute approximate surface area is 150 Å². The Bertz CT molecular complexity index is 868. The van der Waals surface area contributed by atoms with Crippen LogP contribution in [0, 0.1) is 6.92 Å². The normalized spacial score (nSPS) is 15.9. The Kier molecular flexibility index (Phi) is 4.66. The summed E-state index contributed by atoms with van der Waals surface area (Å²) in [6, 6.07) is 8.66. The molecule has 136 valence electrons. The van der Waals surface area contributed by atoms with Crippen molar-refractivity contribution in [1.29, 1.82) is 0 Å². The predicted molar refractivity (Wildman–Crippen MR) is 97.5 cm³/mol. The minimum Gasteiger partial charge on any atom is -0.495 e. The molecule has 3 N–H and O–H groups in total. The number of aromatic nitrogens is 1. The van der Waals surface area contributed by atoms with E-state index in [9.17, 15) is 9.59 Å². The Morgan fingerprint density at radius 2 is 2.15 bits per heavy atom. The number of carbonyl (C=O) groups is 2. The van der Waals surface area contributed by atoms with E-state index >= 15 is 0 Å². The zero-order valence-corrected chi connectivity index (χ0v) is 14.8. The number of hydrogen-bond donors (Lipinski definition) is 2. The molecule has 0 radical (unpaired) electrons. The highest BCUT2D eigenvalue weighted by atomic mass is 16.5. The van der Waals surface area contributed by atoms with Gasteiger partial charge in [0, 0.05) is 0 Å². The second-order valence-electron chi connectivity index (χ2n) is 5.99. The lowest BCUT2D eigenvalue weighted by molar-refractivity contribution is -0.127. The standard InChI is InChI=1S/C18H20N4O4/c1-10-4-5-13(25-3)12(8-10)20-16(23)9-22-17-14(6-7-15(19)21-17)26-11(2)18(22)24/h4-8,11H,9H2,1-3H3,(H2,19,21)(H,20,23). The maximum absolute atomic E-state index is 12.5. The number of aryl methyl sites for hydroxylation is 1. The molecule has 0 bridgehead atoms. The van der Waals surface area contributed by atoms with Gasteiger partial charge in [0.15, 0.2) is 17.7 Å². The summed E-state index contributed by atoms with van der Waals surface area (Å²) in [7, 11) is 1.52. The molecule has 0 spiro atoms. The molecular weight excluding hydrogens is 336 g/mol. The highest BCUT2D eigenvalue weighted by Crippen LogP contribution is 2.33. The first-order chi connectivity index (χ1) is 12.4. The van der Waals surface area contributed by atoms with Crippen LogP contribution in [0.5, 0.6) is 11.5 Å². The Morgan fingerprint density at radius 1 is 1.38 bits per heavy atom. The van der Waals surface area contributed by atoms with Gasteiger partial charge in [0.1, 0.15) is 18.1 Å². The number of ether oxygens (including phenoxy) is 2. The fourth-order valence-corrected chi connectivity index (χ4v) is 2.71. The second-order valence-corrected chi connectivity index (χ2v) is 5.99. The summed E-state index contributed by atoms with van der Waals surface area (Å²) in [5.41, 5.74) is 7.22. The number of amides is 2. The SMILES string of the molecule is COc1ccc(C)cc1NC(=O)CN1C(=O)C(C)Oc2ccc(N)nc21. The third-order valence-corrected chi connectivity index (χ3v) is 3.96. The molecule has 2 heterocycles. The summed E-state index contributed by atoms with van der Waals surface area (Å²) >= 11 is 0. The average Bonchev–Trinajstić information content (AvgIpc) is 2.60. The number of rotatable bonds is 4. The summed E-state index contributed by atoms with van der Waals surface area (Å²) in [5.74, 6) is 0.675. The third kappa shape index (κ3) is 3.39. The van der Waals surface area contributed by atoms with Crippen molar-refractivity contribution in [1.82, 2.24) is 4.98 Å². The Balaban J connectivity index is 1.84. The third-order valence-electron chi connectivity index (χ3n) is 3.96. The summed E-state index contributed by atoms with van der Waals surface area (Å²) in [5, 5.41) is 2.77. The minimum atomic E-state index is -0.714. The maximum Gasteiger partial charge on any atom is 0.269 e. The van der Waals surface area contributed by atoms with Crippen LogP contribution < -0.4 is 25.4 Å². The first-order valence-corrected chi connectivity index (χ1v) is 8.08. The van der Waals surface area contributed by atoms with Crippen LogP contribution in [-0.4, -0.2) is 36.6 Å². The molecule has 0 saturated heterocycles. The van der Waals surface area contributed by atoms with Crippen molar-refractivity contribution >= 4 is 29.1 Å². The van der Waals surface area contributed by atoms with E-state index in [0.29, 0.717) is 17.2 Å². The molecular formula is C18H20N4O4. The van der Waals surface area contributed by atoms with Crippen molar-refractivity contribution < 1.29 is 19.1 Å². The summed E-state index contributed by atoms with van der Waals surface area (Å²) in [4.78, 5) is 30.4. The lowest BCUT2D eigenvalue weighted by Gasteiger charge is -2.31. The summed E-state index contributed by atoms with van der Waals surface area (Å²) in [6.45, 7) is 3.31. The van der Waals surface area contributed by atoms with Crippen LogP contribution in [0.2, 0.25) is 0 Å². The fourth-order valence-electron chi connectivity index (χ4n) is 2.71. The van der Waals surface area contributed by atoms with Gasteiger partial charge in [-0.05, 0) is 43.7 Å². The minimum absolute atomic E-state index is 0.215. The molecule has 2 aromatic rings. The van der Waals surface area contributed by atoms with Gasteiger partial charge < -0.3 is 20.5 Å². The number of carbonyl (C=O) groups excluding carboxylic acids is 2. The number of pyridine rings is 1. The van der Waals surface area contributed by atoms with Gasteiger partial charge in [0.25, 0.3) is 5.91 Å². The number of nitrogen functional groups attached to an aromatic ring is 1. The van der Waals surface area contributed by atoms with E-state index in [1.54, 1.807) is 31.2 Å². The summed E-state index contributed by atoms with van der Waals surface area (Å²) < 4.78 is 10.8. The van der Waals surface area contributed by atoms with Crippen LogP contribution in [0.1, 0.15) is 12.5 Å². The number of nitrogens with two attached hydrogens (primary N) is 1. The maximum atomic E-state index is 12.5. The van der Waals surface area contributed by atoms with E-state index in [2.05, 4.69) is 10.3 Å². The van der Waals surface area contributed by atoms with Gasteiger partial charge in [-0.15, -0.1) is 0 Å². The molecule has 1 aliphatic heterocycles. The van der Waals surface area contributed by atoms with Gasteiger partial charge in [-0.25, -0.2) is 4.98 Å². The molecule has 8 heteroatoms. The molecule has 1 aromatic carbocycles. The van der Waals surface area contributed by atoms with Gasteiger partial charge in [0.2, 0.25) is 5.91 Å². The lowest BCUT2D eigenvalue weighted by Crippen LogP contribution is -2.48. The monoisotopic (exact) mass is 356 g/mol. The Hall–Kier alpha value is -3.29. The van der Waals surface area contributed by atoms with Crippen molar-refractivity contribution in [3.63, 3.8) is 0 Å². The molecule has 3 rings (SSSR count). The van der Waals surface area contributed by atoms with E-state index in [1.165, 1.54) is 12.0 Å². The molecule has 0 saturated carbocycles. The lowest BCUT2D eigenvalue weighted by atomic mass is 10.2.